The van der Waals surface area contributed by atoms with E-state index in [4.69, 9.17) is 4.98 Å². The van der Waals surface area contributed by atoms with Crippen LogP contribution in [-0.4, -0.2) is 20.7 Å². The van der Waals surface area contributed by atoms with Crippen molar-refractivity contribution in [2.45, 2.75) is 25.8 Å². The van der Waals surface area contributed by atoms with Crippen LogP contribution < -0.4 is 5.32 Å². The Balaban J connectivity index is 1.71. The molecule has 4 aromatic rings. The maximum absolute atomic E-state index is 14.7. The Kier molecular flexibility index (Phi) is 3.21. The second-order valence-corrected chi connectivity index (χ2v) is 8.33. The summed E-state index contributed by atoms with van der Waals surface area (Å²) >= 11 is 0. The molecule has 6 heteroatoms. The number of halogens is 1. The minimum absolute atomic E-state index is 0.255. The number of fused-ring (bicyclic) bond motifs is 1. The zero-order chi connectivity index (χ0) is 19.9. The first-order valence-corrected chi connectivity index (χ1v) is 10.0. The molecule has 1 fully saturated rings. The Morgan fingerprint density at radius 1 is 1.21 bits per heavy atom. The van der Waals surface area contributed by atoms with Crippen molar-refractivity contribution >= 4 is 27.6 Å². The van der Waals surface area contributed by atoms with E-state index >= 15 is 0 Å². The molecule has 6 rings (SSSR count). The normalized spacial score (nSPS) is 18.2. The van der Waals surface area contributed by atoms with E-state index in [9.17, 15) is 9.65 Å². The van der Waals surface area contributed by atoms with Crippen molar-refractivity contribution in [1.82, 2.24) is 14.1 Å². The predicted octanol–water partition coefficient (Wildman–Crippen LogP) is 4.89. The minimum atomic E-state index is -0.255. The third-order valence-electron chi connectivity index (χ3n) is 6.41. The molecule has 5 nitrogen and oxygen atoms in total. The van der Waals surface area contributed by atoms with E-state index in [0.29, 0.717) is 28.6 Å². The third kappa shape index (κ3) is 2.21. The van der Waals surface area contributed by atoms with Crippen LogP contribution in [-0.2, 0) is 7.05 Å². The molecule has 0 spiro atoms. The molecule has 0 bridgehead atoms. The zero-order valence-electron chi connectivity index (χ0n) is 16.3. The molecule has 1 aliphatic carbocycles. The topological polar surface area (TPSA) is 58.6 Å². The Morgan fingerprint density at radius 3 is 2.79 bits per heavy atom. The fourth-order valence-corrected chi connectivity index (χ4v) is 4.92. The summed E-state index contributed by atoms with van der Waals surface area (Å²) in [4.78, 5) is 4.83. The van der Waals surface area contributed by atoms with Crippen molar-refractivity contribution in [2.75, 3.05) is 11.9 Å². The summed E-state index contributed by atoms with van der Waals surface area (Å²) in [5.41, 5.74) is 5.75. The van der Waals surface area contributed by atoms with E-state index in [0.717, 1.165) is 40.2 Å². The molecule has 0 saturated heterocycles. The number of hydrogen-bond donors (Lipinski definition) is 1. The van der Waals surface area contributed by atoms with Crippen LogP contribution in [0, 0.1) is 30.0 Å². The highest BCUT2D eigenvalue weighted by molar-refractivity contribution is 6.00. The zero-order valence-corrected chi connectivity index (χ0v) is 16.3. The van der Waals surface area contributed by atoms with Gasteiger partial charge in [-0.25, -0.2) is 9.37 Å². The number of benzene rings is 2. The largest absolute Gasteiger partial charge is 0.381 e. The molecule has 2 aromatic carbocycles. The molecule has 1 N–H and O–H groups in total. The number of hydrogen-bond acceptors (Lipinski definition) is 3. The average Bonchev–Trinajstić information content (AvgIpc) is 3.39. The van der Waals surface area contributed by atoms with Gasteiger partial charge in [-0.1, -0.05) is 0 Å². The first-order valence-electron chi connectivity index (χ1n) is 10.0. The van der Waals surface area contributed by atoms with Crippen molar-refractivity contribution in [3.05, 3.63) is 47.3 Å². The molecule has 0 radical (unpaired) electrons. The van der Waals surface area contributed by atoms with Gasteiger partial charge in [0.1, 0.15) is 11.3 Å². The van der Waals surface area contributed by atoms with Crippen LogP contribution >= 0.6 is 0 Å². The van der Waals surface area contributed by atoms with Gasteiger partial charge in [-0.15, -0.1) is 0 Å². The second-order valence-electron chi connectivity index (χ2n) is 8.33. The molecule has 1 saturated carbocycles. The molecule has 1 unspecified atom stereocenters. The van der Waals surface area contributed by atoms with Crippen LogP contribution in [0.5, 0.6) is 0 Å². The van der Waals surface area contributed by atoms with E-state index < -0.39 is 0 Å². The molecule has 29 heavy (non-hydrogen) atoms. The first kappa shape index (κ1) is 16.6. The summed E-state index contributed by atoms with van der Waals surface area (Å²) in [6, 6.07) is 12.0. The van der Waals surface area contributed by atoms with Gasteiger partial charge < -0.3 is 14.5 Å². The van der Waals surface area contributed by atoms with Gasteiger partial charge in [-0.2, -0.15) is 5.26 Å². The van der Waals surface area contributed by atoms with Crippen LogP contribution in [0.15, 0.2) is 30.3 Å². The van der Waals surface area contributed by atoms with E-state index in [1.807, 2.05) is 36.7 Å². The standard InChI is InChI=1S/C23H20FN5/c1-12-7-16(24)22-18(8-12)27-23(28(22)2)19-9-15-14(10-25)5-6-17-21(15)29(19)20(11-26-17)13-3-4-13/h5-9,13,20,26H,3-4,11H2,1-2H3. The number of nitrogens with zero attached hydrogens (tertiary/aromatic N) is 4. The van der Waals surface area contributed by atoms with E-state index in [-0.39, 0.29) is 5.82 Å². The highest BCUT2D eigenvalue weighted by Crippen LogP contribution is 2.48. The molecular weight excluding hydrogens is 365 g/mol. The maximum atomic E-state index is 14.7. The molecule has 0 amide bonds. The molecule has 2 aromatic heterocycles. The summed E-state index contributed by atoms with van der Waals surface area (Å²) in [6.45, 7) is 2.74. The van der Waals surface area contributed by atoms with Crippen molar-refractivity contribution in [1.29, 1.82) is 5.26 Å². The maximum Gasteiger partial charge on any atom is 0.157 e. The summed E-state index contributed by atoms with van der Waals surface area (Å²) in [5.74, 6) is 1.11. The summed E-state index contributed by atoms with van der Waals surface area (Å²) < 4.78 is 18.9. The lowest BCUT2D eigenvalue weighted by molar-refractivity contribution is 0.475. The van der Waals surface area contributed by atoms with Crippen molar-refractivity contribution in [2.24, 2.45) is 13.0 Å². The Bertz CT molecular complexity index is 1370. The summed E-state index contributed by atoms with van der Waals surface area (Å²) in [6.07, 6.45) is 2.43. The quantitative estimate of drug-likeness (QED) is 0.534. The number of anilines is 1. The monoisotopic (exact) mass is 385 g/mol. The predicted molar refractivity (Wildman–Crippen MR) is 111 cm³/mol. The number of rotatable bonds is 2. The average molecular weight is 385 g/mol. The summed E-state index contributed by atoms with van der Waals surface area (Å²) in [7, 11) is 1.87. The molecular formula is C23H20FN5. The number of imidazole rings is 1. The number of nitriles is 1. The van der Waals surface area contributed by atoms with Gasteiger partial charge in [0.2, 0.25) is 0 Å². The SMILES string of the molecule is Cc1cc(F)c2c(c1)nc(-c1cc3c(C#N)ccc4c3n1C(C1CC1)CN4)n2C. The molecule has 1 aliphatic heterocycles. The van der Waals surface area contributed by atoms with Crippen LogP contribution in [0.3, 0.4) is 0 Å². The smallest absolute Gasteiger partial charge is 0.157 e. The molecule has 144 valence electrons. The van der Waals surface area contributed by atoms with Crippen LogP contribution in [0.2, 0.25) is 0 Å². The van der Waals surface area contributed by atoms with E-state index in [1.165, 1.54) is 12.8 Å². The second kappa shape index (κ2) is 5.60. The number of nitrogens with one attached hydrogen (secondary N) is 1. The number of aryl methyl sites for hydroxylation is 2. The van der Waals surface area contributed by atoms with E-state index in [1.54, 1.807) is 6.07 Å². The van der Waals surface area contributed by atoms with Crippen molar-refractivity contribution in [3.8, 4) is 17.6 Å². The van der Waals surface area contributed by atoms with Gasteiger partial charge in [0.25, 0.3) is 0 Å². The third-order valence-corrected chi connectivity index (χ3v) is 6.41. The molecule has 1 atom stereocenters. The number of aromatic nitrogens is 3. The van der Waals surface area contributed by atoms with Gasteiger partial charge in [0.15, 0.2) is 5.82 Å². The van der Waals surface area contributed by atoms with Crippen molar-refractivity contribution in [3.63, 3.8) is 0 Å². The van der Waals surface area contributed by atoms with Crippen LogP contribution in [0.4, 0.5) is 10.1 Å². The fraction of sp³-hybridized carbons (Fsp3) is 0.304. The van der Waals surface area contributed by atoms with Gasteiger partial charge in [0, 0.05) is 19.0 Å². The highest BCUT2D eigenvalue weighted by atomic mass is 19.1. The lowest BCUT2D eigenvalue weighted by Gasteiger charge is -2.29. The lowest BCUT2D eigenvalue weighted by atomic mass is 10.1. The first-order chi connectivity index (χ1) is 14.1. The Morgan fingerprint density at radius 2 is 2.03 bits per heavy atom. The highest BCUT2D eigenvalue weighted by Gasteiger charge is 2.37. The van der Waals surface area contributed by atoms with Gasteiger partial charge >= 0.3 is 0 Å². The fourth-order valence-electron chi connectivity index (χ4n) is 4.92. The van der Waals surface area contributed by atoms with Gasteiger partial charge in [-0.3, -0.25) is 0 Å². The van der Waals surface area contributed by atoms with Gasteiger partial charge in [0.05, 0.1) is 40.1 Å². The minimum Gasteiger partial charge on any atom is -0.381 e. The Hall–Kier alpha value is -3.33. The van der Waals surface area contributed by atoms with Crippen LogP contribution in [0.25, 0.3) is 33.5 Å². The van der Waals surface area contributed by atoms with Crippen molar-refractivity contribution < 1.29 is 4.39 Å². The Labute approximate surface area is 167 Å². The van der Waals surface area contributed by atoms with Crippen LogP contribution in [0.1, 0.15) is 30.0 Å². The summed E-state index contributed by atoms with van der Waals surface area (Å²) in [5, 5.41) is 14.1. The van der Waals surface area contributed by atoms with E-state index in [2.05, 4.69) is 22.0 Å². The van der Waals surface area contributed by atoms with Gasteiger partial charge in [-0.05, 0) is 61.6 Å². The molecule has 2 aliphatic rings. The molecule has 3 heterocycles. The lowest BCUT2D eigenvalue weighted by Crippen LogP contribution is -2.26.